The zero-order chi connectivity index (χ0) is 22.3. The second-order valence-corrected chi connectivity index (χ2v) is 9.13. The molecule has 0 bridgehead atoms. The molecule has 176 valence electrons. The van der Waals surface area contributed by atoms with E-state index >= 15 is 0 Å². The van der Waals surface area contributed by atoms with Crippen LogP contribution in [0.25, 0.3) is 10.9 Å². The zero-order valence-electron chi connectivity index (χ0n) is 19.9. The molecule has 5 heteroatoms. The molecule has 33 heavy (non-hydrogen) atoms. The second kappa shape index (κ2) is 12.1. The van der Waals surface area contributed by atoms with Crippen LogP contribution in [0.5, 0.6) is 5.75 Å². The van der Waals surface area contributed by atoms with Crippen LogP contribution >= 0.6 is 12.4 Å². The van der Waals surface area contributed by atoms with Gasteiger partial charge in [-0.2, -0.15) is 0 Å². The van der Waals surface area contributed by atoms with E-state index in [9.17, 15) is 0 Å². The molecule has 0 unspecified atom stereocenters. The van der Waals surface area contributed by atoms with E-state index in [4.69, 9.17) is 11.2 Å². The van der Waals surface area contributed by atoms with E-state index in [2.05, 4.69) is 89.0 Å². The summed E-state index contributed by atoms with van der Waals surface area (Å²) in [6.07, 6.45) is 9.10. The number of nitrogens with zero attached hydrogens (tertiary/aromatic N) is 3. The Hall–Kier alpha value is -2.45. The normalized spacial score (nSPS) is 14.8. The monoisotopic (exact) mass is 465 g/mol. The Morgan fingerprint density at radius 2 is 1.85 bits per heavy atom. The highest BCUT2D eigenvalue weighted by atomic mass is 35.5. The molecule has 2 heterocycles. The maximum Gasteiger partial charge on any atom is 0.120 e. The first-order valence-electron chi connectivity index (χ1n) is 11.7. The number of benzene rings is 2. The van der Waals surface area contributed by atoms with Crippen molar-refractivity contribution in [1.82, 2.24) is 14.4 Å². The fourth-order valence-electron chi connectivity index (χ4n) is 4.73. The molecule has 0 spiro atoms. The minimum atomic E-state index is 0. The summed E-state index contributed by atoms with van der Waals surface area (Å²) in [5, 5.41) is 1.23. The van der Waals surface area contributed by atoms with Crippen molar-refractivity contribution >= 4 is 23.3 Å². The van der Waals surface area contributed by atoms with Gasteiger partial charge in [0.25, 0.3) is 0 Å². The molecule has 0 atom stereocenters. The van der Waals surface area contributed by atoms with E-state index in [1.54, 1.807) is 0 Å². The van der Waals surface area contributed by atoms with Gasteiger partial charge in [0.1, 0.15) is 5.75 Å². The number of hydrogen-bond donors (Lipinski definition) is 0. The van der Waals surface area contributed by atoms with E-state index in [-0.39, 0.29) is 12.4 Å². The molecule has 1 saturated heterocycles. The number of terminal acetylenes is 1. The van der Waals surface area contributed by atoms with Crippen LogP contribution in [-0.4, -0.2) is 47.7 Å². The zero-order valence-corrected chi connectivity index (χ0v) is 20.7. The summed E-state index contributed by atoms with van der Waals surface area (Å²) in [4.78, 5) is 4.73. The molecule has 0 saturated carbocycles. The first-order chi connectivity index (χ1) is 15.6. The summed E-state index contributed by atoms with van der Waals surface area (Å²) < 4.78 is 8.39. The lowest BCUT2D eigenvalue weighted by Gasteiger charge is -2.32. The minimum absolute atomic E-state index is 0. The minimum Gasteiger partial charge on any atom is -0.494 e. The lowest BCUT2D eigenvalue weighted by molar-refractivity contribution is 0.157. The Morgan fingerprint density at radius 1 is 1.09 bits per heavy atom. The molecule has 3 aromatic rings. The van der Waals surface area contributed by atoms with E-state index in [0.717, 1.165) is 37.8 Å². The average Bonchev–Trinajstić information content (AvgIpc) is 3.10. The number of aryl methyl sites for hydroxylation is 1. The Labute approximate surface area is 204 Å². The lowest BCUT2D eigenvalue weighted by atomic mass is 9.93. The fourth-order valence-corrected chi connectivity index (χ4v) is 4.73. The number of fused-ring (bicyclic) bond motifs is 1. The van der Waals surface area contributed by atoms with Crippen LogP contribution in [0.2, 0.25) is 0 Å². The molecule has 4 rings (SSSR count). The SMILES string of the molecule is C#CCN(C)Cc1cc2cc(OCCC3CCN(Cc4ccccc4)CC3)ccc2n1C.Cl. The van der Waals surface area contributed by atoms with Gasteiger partial charge in [-0.05, 0) is 75.1 Å². The lowest BCUT2D eigenvalue weighted by Crippen LogP contribution is -2.33. The summed E-state index contributed by atoms with van der Waals surface area (Å²) in [5.41, 5.74) is 3.90. The highest BCUT2D eigenvalue weighted by Gasteiger charge is 2.19. The highest BCUT2D eigenvalue weighted by molar-refractivity contribution is 5.85. The number of piperidine rings is 1. The van der Waals surface area contributed by atoms with Crippen molar-refractivity contribution in [1.29, 1.82) is 0 Å². The Bertz CT molecular complexity index is 1050. The van der Waals surface area contributed by atoms with Gasteiger partial charge in [-0.1, -0.05) is 36.3 Å². The van der Waals surface area contributed by atoms with E-state index in [1.165, 1.54) is 48.1 Å². The van der Waals surface area contributed by atoms with Crippen LogP contribution in [-0.2, 0) is 20.1 Å². The summed E-state index contributed by atoms with van der Waals surface area (Å²) in [6.45, 7) is 5.73. The van der Waals surface area contributed by atoms with Crippen LogP contribution < -0.4 is 4.74 Å². The predicted molar refractivity (Wildman–Crippen MR) is 140 cm³/mol. The van der Waals surface area contributed by atoms with Crippen molar-refractivity contribution in [3.05, 3.63) is 65.9 Å². The molecular formula is C28H36ClN3O. The third kappa shape index (κ3) is 6.77. The largest absolute Gasteiger partial charge is 0.494 e. The molecule has 4 nitrogen and oxygen atoms in total. The van der Waals surface area contributed by atoms with Gasteiger partial charge in [0, 0.05) is 36.7 Å². The van der Waals surface area contributed by atoms with Crippen molar-refractivity contribution in [2.45, 2.75) is 32.4 Å². The standard InChI is InChI=1S/C28H35N3O.ClH/c1-4-15-29(2)22-26-19-25-20-27(10-11-28(25)30(26)3)32-18-14-23-12-16-31(17-13-23)21-24-8-6-5-7-9-24;/h1,5-11,19-20,23H,12-18,21-22H2,2-3H3;1H. The summed E-state index contributed by atoms with van der Waals surface area (Å²) in [7, 11) is 4.17. The van der Waals surface area contributed by atoms with Crippen LogP contribution in [0.15, 0.2) is 54.6 Å². The van der Waals surface area contributed by atoms with Gasteiger partial charge in [-0.25, -0.2) is 0 Å². The third-order valence-electron chi connectivity index (χ3n) is 6.66. The quantitative estimate of drug-likeness (QED) is 0.397. The van der Waals surface area contributed by atoms with E-state index in [1.807, 2.05) is 0 Å². The molecular weight excluding hydrogens is 430 g/mol. The van der Waals surface area contributed by atoms with Crippen molar-refractivity contribution in [3.63, 3.8) is 0 Å². The summed E-state index contributed by atoms with van der Waals surface area (Å²) in [5.74, 6) is 4.44. The average molecular weight is 466 g/mol. The van der Waals surface area contributed by atoms with Gasteiger partial charge in [-0.15, -0.1) is 18.8 Å². The number of rotatable bonds is 9. The van der Waals surface area contributed by atoms with Crippen LogP contribution in [0, 0.1) is 18.3 Å². The van der Waals surface area contributed by atoms with Crippen molar-refractivity contribution < 1.29 is 4.74 Å². The molecule has 0 radical (unpaired) electrons. The van der Waals surface area contributed by atoms with Crippen LogP contribution in [0.1, 0.15) is 30.5 Å². The summed E-state index contributed by atoms with van der Waals surface area (Å²) in [6, 6.07) is 19.5. The van der Waals surface area contributed by atoms with Crippen molar-refractivity contribution in [2.24, 2.45) is 13.0 Å². The van der Waals surface area contributed by atoms with E-state index in [0.29, 0.717) is 6.54 Å². The highest BCUT2D eigenvalue weighted by Crippen LogP contribution is 2.26. The fraction of sp³-hybridized carbons (Fsp3) is 0.429. The predicted octanol–water partition coefficient (Wildman–Crippen LogP) is 5.35. The summed E-state index contributed by atoms with van der Waals surface area (Å²) >= 11 is 0. The molecule has 1 aromatic heterocycles. The number of hydrogen-bond acceptors (Lipinski definition) is 3. The van der Waals surface area contributed by atoms with Gasteiger partial charge in [0.15, 0.2) is 0 Å². The first-order valence-corrected chi connectivity index (χ1v) is 11.7. The molecule has 1 aliphatic rings. The molecule has 2 aromatic carbocycles. The first kappa shape index (κ1) is 25.2. The van der Waals surface area contributed by atoms with Gasteiger partial charge in [0.05, 0.1) is 13.2 Å². The molecule has 1 fully saturated rings. The molecule has 0 amide bonds. The number of aromatic nitrogens is 1. The Morgan fingerprint density at radius 3 is 2.58 bits per heavy atom. The van der Waals surface area contributed by atoms with Crippen molar-refractivity contribution in [2.75, 3.05) is 33.3 Å². The second-order valence-electron chi connectivity index (χ2n) is 9.13. The van der Waals surface area contributed by atoms with E-state index < -0.39 is 0 Å². The number of ether oxygens (including phenoxy) is 1. The molecule has 0 aliphatic carbocycles. The Balaban J connectivity index is 0.00000306. The Kier molecular flexibility index (Phi) is 9.26. The smallest absolute Gasteiger partial charge is 0.120 e. The molecule has 1 aliphatic heterocycles. The maximum atomic E-state index is 6.15. The van der Waals surface area contributed by atoms with Gasteiger partial charge >= 0.3 is 0 Å². The topological polar surface area (TPSA) is 20.6 Å². The number of halogens is 1. The number of likely N-dealkylation sites (tertiary alicyclic amines) is 1. The van der Waals surface area contributed by atoms with Gasteiger partial charge < -0.3 is 9.30 Å². The maximum absolute atomic E-state index is 6.15. The molecule has 0 N–H and O–H groups in total. The van der Waals surface area contributed by atoms with Gasteiger partial charge in [0.2, 0.25) is 0 Å². The van der Waals surface area contributed by atoms with Crippen LogP contribution in [0.3, 0.4) is 0 Å². The third-order valence-corrected chi connectivity index (χ3v) is 6.66. The van der Waals surface area contributed by atoms with Gasteiger partial charge in [-0.3, -0.25) is 9.80 Å². The van der Waals surface area contributed by atoms with Crippen molar-refractivity contribution in [3.8, 4) is 18.1 Å². The van der Waals surface area contributed by atoms with Crippen LogP contribution in [0.4, 0.5) is 0 Å².